The largest absolute Gasteiger partial charge is 0.326 e. The Hall–Kier alpha value is -2.20. The highest BCUT2D eigenvalue weighted by Crippen LogP contribution is 2.23. The van der Waals surface area contributed by atoms with Crippen LogP contribution in [-0.2, 0) is 4.79 Å². The van der Waals surface area contributed by atoms with E-state index in [0.29, 0.717) is 18.8 Å². The van der Waals surface area contributed by atoms with Crippen LogP contribution in [0.3, 0.4) is 0 Å². The molecule has 0 spiro atoms. The summed E-state index contributed by atoms with van der Waals surface area (Å²) >= 11 is 0. The molecule has 1 aliphatic heterocycles. The summed E-state index contributed by atoms with van der Waals surface area (Å²) in [6, 6.07) is 13.8. The van der Waals surface area contributed by atoms with Crippen LogP contribution in [0, 0.1) is 0 Å². The normalized spacial score (nSPS) is 18.9. The molecule has 1 fully saturated rings. The Morgan fingerprint density at radius 3 is 2.47 bits per heavy atom. The van der Waals surface area contributed by atoms with Gasteiger partial charge < -0.3 is 5.73 Å². The molecule has 2 N–H and O–H groups in total. The molecule has 4 nitrogen and oxygen atoms in total. The second kappa shape index (κ2) is 4.82. The molecule has 2 heterocycles. The molecule has 1 aromatic heterocycles. The first kappa shape index (κ1) is 11.9. The number of nitrogens with zero attached hydrogens (tertiary/aromatic N) is 2. The van der Waals surface area contributed by atoms with Crippen LogP contribution in [0.15, 0.2) is 48.7 Å². The van der Waals surface area contributed by atoms with Gasteiger partial charge in [-0.1, -0.05) is 30.3 Å². The van der Waals surface area contributed by atoms with Gasteiger partial charge in [0.2, 0.25) is 5.91 Å². The first-order valence-electron chi connectivity index (χ1n) is 6.31. The Balaban J connectivity index is 1.86. The fourth-order valence-electron chi connectivity index (χ4n) is 2.30. The van der Waals surface area contributed by atoms with E-state index in [1.165, 1.54) is 0 Å². The second-order valence-electron chi connectivity index (χ2n) is 4.74. The lowest BCUT2D eigenvalue weighted by molar-refractivity contribution is -0.117. The minimum absolute atomic E-state index is 0.0486. The Bertz CT molecular complexity index is 580. The first-order valence-corrected chi connectivity index (χ1v) is 6.31. The zero-order valence-electron chi connectivity index (χ0n) is 10.5. The first-order chi connectivity index (χ1) is 9.24. The molecule has 3 rings (SSSR count). The van der Waals surface area contributed by atoms with Gasteiger partial charge in [-0.05, 0) is 17.7 Å². The van der Waals surface area contributed by atoms with Crippen LogP contribution in [0.25, 0.3) is 11.1 Å². The van der Waals surface area contributed by atoms with Crippen molar-refractivity contribution in [2.24, 2.45) is 5.73 Å². The molecule has 0 bridgehead atoms. The molecular formula is C15H15N3O. The number of nitrogens with two attached hydrogens (primary N) is 1. The zero-order valence-corrected chi connectivity index (χ0v) is 10.5. The van der Waals surface area contributed by atoms with Crippen molar-refractivity contribution in [3.05, 3.63) is 48.7 Å². The van der Waals surface area contributed by atoms with Gasteiger partial charge in [-0.15, -0.1) is 0 Å². The van der Waals surface area contributed by atoms with Crippen molar-refractivity contribution in [2.75, 3.05) is 11.4 Å². The van der Waals surface area contributed by atoms with Crippen molar-refractivity contribution in [2.45, 2.75) is 12.5 Å². The van der Waals surface area contributed by atoms with E-state index >= 15 is 0 Å². The Kier molecular flexibility index (Phi) is 3.01. The van der Waals surface area contributed by atoms with Crippen LogP contribution in [0.1, 0.15) is 6.42 Å². The van der Waals surface area contributed by atoms with Gasteiger partial charge in [0.1, 0.15) is 5.82 Å². The zero-order chi connectivity index (χ0) is 13.2. The number of benzene rings is 1. The smallest absolute Gasteiger partial charge is 0.229 e. The van der Waals surface area contributed by atoms with Gasteiger partial charge in [-0.25, -0.2) is 4.98 Å². The minimum Gasteiger partial charge on any atom is -0.326 e. The highest BCUT2D eigenvalue weighted by molar-refractivity contribution is 5.95. The summed E-state index contributed by atoms with van der Waals surface area (Å²) in [6.45, 7) is 0.552. The lowest BCUT2D eigenvalue weighted by atomic mass is 10.1. The highest BCUT2D eigenvalue weighted by Gasteiger charge is 2.28. The van der Waals surface area contributed by atoms with Crippen molar-refractivity contribution >= 4 is 11.7 Å². The molecule has 1 saturated heterocycles. The molecule has 1 atom stereocenters. The van der Waals surface area contributed by atoms with Gasteiger partial charge in [0.25, 0.3) is 0 Å². The average molecular weight is 253 g/mol. The molecule has 19 heavy (non-hydrogen) atoms. The third-order valence-electron chi connectivity index (χ3n) is 3.29. The van der Waals surface area contributed by atoms with Crippen LogP contribution in [-0.4, -0.2) is 23.5 Å². The quantitative estimate of drug-likeness (QED) is 0.888. The number of hydrogen-bond acceptors (Lipinski definition) is 3. The van der Waals surface area contributed by atoms with Crippen molar-refractivity contribution in [1.82, 2.24) is 4.98 Å². The summed E-state index contributed by atoms with van der Waals surface area (Å²) in [7, 11) is 0. The summed E-state index contributed by atoms with van der Waals surface area (Å²) in [5.41, 5.74) is 7.94. The van der Waals surface area contributed by atoms with E-state index in [1.807, 2.05) is 42.5 Å². The van der Waals surface area contributed by atoms with E-state index in [4.69, 9.17) is 5.73 Å². The van der Waals surface area contributed by atoms with E-state index in [2.05, 4.69) is 4.98 Å². The maximum absolute atomic E-state index is 11.7. The molecule has 1 aliphatic rings. The van der Waals surface area contributed by atoms with Gasteiger partial charge >= 0.3 is 0 Å². The Morgan fingerprint density at radius 1 is 1.11 bits per heavy atom. The fourth-order valence-corrected chi connectivity index (χ4v) is 2.30. The van der Waals surface area contributed by atoms with Gasteiger partial charge in [0.05, 0.1) is 0 Å². The van der Waals surface area contributed by atoms with Crippen molar-refractivity contribution in [3.8, 4) is 11.1 Å². The van der Waals surface area contributed by atoms with Gasteiger partial charge in [0.15, 0.2) is 0 Å². The lowest BCUT2D eigenvalue weighted by Crippen LogP contribution is -2.28. The van der Waals surface area contributed by atoms with Gasteiger partial charge in [0, 0.05) is 30.8 Å². The maximum Gasteiger partial charge on any atom is 0.229 e. The van der Waals surface area contributed by atoms with Crippen LogP contribution in [0.4, 0.5) is 5.82 Å². The molecule has 2 aromatic rings. The SMILES string of the molecule is NC1CC(=O)N(c2ccc(-c3ccccc3)cn2)C1. The fraction of sp³-hybridized carbons (Fsp3) is 0.200. The predicted octanol–water partition coefficient (Wildman–Crippen LogP) is 1.81. The summed E-state index contributed by atoms with van der Waals surface area (Å²) < 4.78 is 0. The van der Waals surface area contributed by atoms with Crippen LogP contribution >= 0.6 is 0 Å². The monoisotopic (exact) mass is 253 g/mol. The molecule has 96 valence electrons. The standard InChI is InChI=1S/C15H15N3O/c16-13-8-15(19)18(10-13)14-7-6-12(9-17-14)11-4-2-1-3-5-11/h1-7,9,13H,8,10,16H2. The van der Waals surface area contributed by atoms with Crippen LogP contribution in [0.2, 0.25) is 0 Å². The van der Waals surface area contributed by atoms with Gasteiger partial charge in [-0.3, -0.25) is 9.69 Å². The third kappa shape index (κ3) is 2.35. The second-order valence-corrected chi connectivity index (χ2v) is 4.74. The van der Waals surface area contributed by atoms with E-state index in [9.17, 15) is 4.79 Å². The summed E-state index contributed by atoms with van der Waals surface area (Å²) in [6.07, 6.45) is 2.20. The highest BCUT2D eigenvalue weighted by atomic mass is 16.2. The molecule has 1 amide bonds. The molecule has 4 heteroatoms. The molecular weight excluding hydrogens is 238 g/mol. The lowest BCUT2D eigenvalue weighted by Gasteiger charge is -2.15. The van der Waals surface area contributed by atoms with E-state index in [-0.39, 0.29) is 11.9 Å². The molecule has 0 aliphatic carbocycles. The predicted molar refractivity (Wildman–Crippen MR) is 74.6 cm³/mol. The van der Waals surface area contributed by atoms with Crippen LogP contribution in [0.5, 0.6) is 0 Å². The Labute approximate surface area is 111 Å². The summed E-state index contributed by atoms with van der Waals surface area (Å²) in [5.74, 6) is 0.727. The summed E-state index contributed by atoms with van der Waals surface area (Å²) in [4.78, 5) is 17.8. The minimum atomic E-state index is -0.0805. The van der Waals surface area contributed by atoms with Crippen molar-refractivity contribution in [3.63, 3.8) is 0 Å². The molecule has 1 unspecified atom stereocenters. The number of hydrogen-bond donors (Lipinski definition) is 1. The number of aromatic nitrogens is 1. The van der Waals surface area contributed by atoms with E-state index in [0.717, 1.165) is 11.1 Å². The molecule has 0 radical (unpaired) electrons. The van der Waals surface area contributed by atoms with Crippen molar-refractivity contribution in [1.29, 1.82) is 0 Å². The van der Waals surface area contributed by atoms with Crippen molar-refractivity contribution < 1.29 is 4.79 Å². The van der Waals surface area contributed by atoms with Gasteiger partial charge in [-0.2, -0.15) is 0 Å². The topological polar surface area (TPSA) is 59.2 Å². The van der Waals surface area contributed by atoms with E-state index in [1.54, 1.807) is 11.1 Å². The number of rotatable bonds is 2. The Morgan fingerprint density at radius 2 is 1.89 bits per heavy atom. The molecule has 1 aromatic carbocycles. The number of carbonyl (C=O) groups is 1. The number of pyridine rings is 1. The summed E-state index contributed by atoms with van der Waals surface area (Å²) in [5, 5.41) is 0. The maximum atomic E-state index is 11.7. The van der Waals surface area contributed by atoms with Crippen LogP contribution < -0.4 is 10.6 Å². The number of carbonyl (C=O) groups excluding carboxylic acids is 1. The number of anilines is 1. The number of amides is 1. The van der Waals surface area contributed by atoms with E-state index < -0.39 is 0 Å². The molecule has 0 saturated carbocycles. The average Bonchev–Trinajstić information content (AvgIpc) is 2.79. The third-order valence-corrected chi connectivity index (χ3v) is 3.29.